The molecular formula is C24H32ClN3O4S. The van der Waals surface area contributed by atoms with Gasteiger partial charge in [-0.05, 0) is 50.5 Å². The second-order valence-corrected chi connectivity index (χ2v) is 10.5. The van der Waals surface area contributed by atoms with E-state index < -0.39 is 28.5 Å². The van der Waals surface area contributed by atoms with Crippen LogP contribution in [0.3, 0.4) is 0 Å². The van der Waals surface area contributed by atoms with Crippen LogP contribution in [0.25, 0.3) is 0 Å². The molecule has 2 rings (SSSR count). The Hall–Kier alpha value is -2.58. The molecule has 2 aromatic rings. The minimum absolute atomic E-state index is 0.0586. The number of benzene rings is 2. The molecule has 33 heavy (non-hydrogen) atoms. The molecule has 0 spiro atoms. The Kier molecular flexibility index (Phi) is 9.31. The van der Waals surface area contributed by atoms with Crippen molar-refractivity contribution >= 4 is 39.1 Å². The van der Waals surface area contributed by atoms with Crippen molar-refractivity contribution in [2.45, 2.75) is 52.7 Å². The molecule has 0 radical (unpaired) electrons. The highest BCUT2D eigenvalue weighted by Crippen LogP contribution is 2.24. The molecule has 180 valence electrons. The molecule has 1 N–H and O–H groups in total. The number of amides is 2. The minimum atomic E-state index is -3.76. The number of sulfonamides is 1. The number of hydrogen-bond acceptors (Lipinski definition) is 4. The number of nitrogens with zero attached hydrogens (tertiary/aromatic N) is 2. The van der Waals surface area contributed by atoms with Gasteiger partial charge in [-0.2, -0.15) is 0 Å². The van der Waals surface area contributed by atoms with E-state index in [1.807, 2.05) is 13.8 Å². The third kappa shape index (κ3) is 7.20. The van der Waals surface area contributed by atoms with Crippen molar-refractivity contribution in [3.05, 3.63) is 64.7 Å². The average molecular weight is 494 g/mol. The lowest BCUT2D eigenvalue weighted by Crippen LogP contribution is -2.52. The maximum absolute atomic E-state index is 13.5. The highest BCUT2D eigenvalue weighted by molar-refractivity contribution is 7.92. The number of rotatable bonds is 10. The topological polar surface area (TPSA) is 86.8 Å². The summed E-state index contributed by atoms with van der Waals surface area (Å²) >= 11 is 6.31. The normalized spacial score (nSPS) is 13.2. The fraction of sp³-hybridized carbons (Fsp3) is 0.417. The maximum atomic E-state index is 13.5. The number of carbonyl (C=O) groups excluding carboxylic acids is 2. The van der Waals surface area contributed by atoms with Crippen LogP contribution in [0.15, 0.2) is 48.5 Å². The van der Waals surface area contributed by atoms with Crippen molar-refractivity contribution in [2.24, 2.45) is 0 Å². The predicted octanol–water partition coefficient (Wildman–Crippen LogP) is 3.75. The van der Waals surface area contributed by atoms with E-state index in [0.29, 0.717) is 16.3 Å². The van der Waals surface area contributed by atoms with E-state index in [1.54, 1.807) is 62.4 Å². The van der Waals surface area contributed by atoms with Crippen LogP contribution in [0.5, 0.6) is 0 Å². The van der Waals surface area contributed by atoms with E-state index in [9.17, 15) is 18.0 Å². The summed E-state index contributed by atoms with van der Waals surface area (Å²) in [6, 6.07) is 13.1. The van der Waals surface area contributed by atoms with Gasteiger partial charge in [0, 0.05) is 17.6 Å². The standard InChI is InChI=1S/C24H32ClN3O4S/c1-6-18(3)26-24(30)19(4)27(15-20-12-8-9-13-21(20)25)23(29)16-28(33(5,31)32)22-14-10-7-11-17(22)2/h7-14,18-19H,6,15-16H2,1-5H3,(H,26,30)/t18-,19+/m0/s1. The first kappa shape index (κ1) is 26.7. The molecular weight excluding hydrogens is 462 g/mol. The van der Waals surface area contributed by atoms with Crippen LogP contribution in [-0.4, -0.2) is 50.0 Å². The highest BCUT2D eigenvalue weighted by atomic mass is 35.5. The number of aryl methyl sites for hydroxylation is 1. The minimum Gasteiger partial charge on any atom is -0.352 e. The number of hydrogen-bond donors (Lipinski definition) is 1. The first-order valence-electron chi connectivity index (χ1n) is 10.8. The zero-order chi connectivity index (χ0) is 24.8. The van der Waals surface area contributed by atoms with E-state index >= 15 is 0 Å². The van der Waals surface area contributed by atoms with E-state index in [-0.39, 0.29) is 18.5 Å². The maximum Gasteiger partial charge on any atom is 0.244 e. The molecule has 0 heterocycles. The molecule has 0 aliphatic rings. The van der Waals surface area contributed by atoms with Crippen LogP contribution in [0.1, 0.15) is 38.3 Å². The second-order valence-electron chi connectivity index (χ2n) is 8.16. The fourth-order valence-corrected chi connectivity index (χ4v) is 4.40. The van der Waals surface area contributed by atoms with Crippen molar-refractivity contribution < 1.29 is 18.0 Å². The lowest BCUT2D eigenvalue weighted by atomic mass is 10.1. The van der Waals surface area contributed by atoms with Gasteiger partial charge in [0.05, 0.1) is 11.9 Å². The van der Waals surface area contributed by atoms with Crippen LogP contribution in [-0.2, 0) is 26.2 Å². The fourth-order valence-electron chi connectivity index (χ4n) is 3.30. The number of halogens is 1. The van der Waals surface area contributed by atoms with Gasteiger partial charge in [-0.25, -0.2) is 8.42 Å². The summed E-state index contributed by atoms with van der Waals surface area (Å²) in [5, 5.41) is 3.35. The molecule has 9 heteroatoms. The molecule has 0 aliphatic carbocycles. The molecule has 0 aromatic heterocycles. The Morgan fingerprint density at radius 2 is 1.67 bits per heavy atom. The Balaban J connectivity index is 2.41. The van der Waals surface area contributed by atoms with Gasteiger partial charge in [0.25, 0.3) is 0 Å². The molecule has 0 bridgehead atoms. The summed E-state index contributed by atoms with van der Waals surface area (Å²) in [5.41, 5.74) is 1.80. The first-order valence-corrected chi connectivity index (χ1v) is 13.0. The van der Waals surface area contributed by atoms with Crippen LogP contribution < -0.4 is 9.62 Å². The van der Waals surface area contributed by atoms with Crippen molar-refractivity contribution in [1.82, 2.24) is 10.2 Å². The zero-order valence-electron chi connectivity index (χ0n) is 19.7. The van der Waals surface area contributed by atoms with E-state index in [4.69, 9.17) is 11.6 Å². The molecule has 0 fully saturated rings. The van der Waals surface area contributed by atoms with E-state index in [0.717, 1.165) is 22.5 Å². The second kappa shape index (κ2) is 11.5. The molecule has 2 aromatic carbocycles. The molecule has 0 saturated heterocycles. The molecule has 2 atom stereocenters. The Morgan fingerprint density at radius 3 is 2.24 bits per heavy atom. The number of para-hydroxylation sites is 1. The lowest BCUT2D eigenvalue weighted by molar-refractivity contribution is -0.139. The van der Waals surface area contributed by atoms with Gasteiger partial charge in [-0.15, -0.1) is 0 Å². The number of nitrogens with one attached hydrogen (secondary N) is 1. The van der Waals surface area contributed by atoms with E-state index in [1.165, 1.54) is 4.90 Å². The first-order chi connectivity index (χ1) is 15.5. The Labute approximate surface area is 201 Å². The van der Waals surface area contributed by atoms with Gasteiger partial charge in [-0.1, -0.05) is 54.9 Å². The predicted molar refractivity (Wildman–Crippen MR) is 133 cm³/mol. The zero-order valence-corrected chi connectivity index (χ0v) is 21.3. The third-order valence-electron chi connectivity index (χ3n) is 5.53. The van der Waals surface area contributed by atoms with Crippen molar-refractivity contribution in [2.75, 3.05) is 17.1 Å². The summed E-state index contributed by atoms with van der Waals surface area (Å²) < 4.78 is 26.3. The quantitative estimate of drug-likeness (QED) is 0.546. The lowest BCUT2D eigenvalue weighted by Gasteiger charge is -2.32. The molecule has 0 saturated carbocycles. The molecule has 0 unspecified atom stereocenters. The van der Waals surface area contributed by atoms with Gasteiger partial charge < -0.3 is 10.2 Å². The van der Waals surface area contributed by atoms with E-state index in [2.05, 4.69) is 5.32 Å². The van der Waals surface area contributed by atoms with Gasteiger partial charge >= 0.3 is 0 Å². The number of carbonyl (C=O) groups is 2. The van der Waals surface area contributed by atoms with Gasteiger partial charge in [0.15, 0.2) is 0 Å². The van der Waals surface area contributed by atoms with Gasteiger partial charge in [-0.3, -0.25) is 13.9 Å². The van der Waals surface area contributed by atoms with Crippen LogP contribution >= 0.6 is 11.6 Å². The largest absolute Gasteiger partial charge is 0.352 e. The summed E-state index contributed by atoms with van der Waals surface area (Å²) in [6.07, 6.45) is 1.80. The smallest absolute Gasteiger partial charge is 0.244 e. The SMILES string of the molecule is CC[C@H](C)NC(=O)[C@@H](C)N(Cc1ccccc1Cl)C(=O)CN(c1ccccc1C)S(C)(=O)=O. The van der Waals surface area contributed by atoms with Crippen molar-refractivity contribution in [3.8, 4) is 0 Å². The summed E-state index contributed by atoms with van der Waals surface area (Å²) in [6.45, 7) is 6.88. The summed E-state index contributed by atoms with van der Waals surface area (Å²) in [4.78, 5) is 27.7. The van der Waals surface area contributed by atoms with Crippen molar-refractivity contribution in [3.63, 3.8) is 0 Å². The monoisotopic (exact) mass is 493 g/mol. The van der Waals surface area contributed by atoms with Gasteiger partial charge in [0.2, 0.25) is 21.8 Å². The summed E-state index contributed by atoms with van der Waals surface area (Å²) in [7, 11) is -3.76. The van der Waals surface area contributed by atoms with Crippen LogP contribution in [0, 0.1) is 6.92 Å². The Bertz CT molecular complexity index is 1090. The third-order valence-corrected chi connectivity index (χ3v) is 7.03. The van der Waals surface area contributed by atoms with Crippen LogP contribution in [0.4, 0.5) is 5.69 Å². The number of anilines is 1. The van der Waals surface area contributed by atoms with Crippen molar-refractivity contribution in [1.29, 1.82) is 0 Å². The molecule has 0 aliphatic heterocycles. The van der Waals surface area contributed by atoms with Crippen LogP contribution in [0.2, 0.25) is 5.02 Å². The summed E-state index contributed by atoms with van der Waals surface area (Å²) in [5.74, 6) is -0.818. The highest BCUT2D eigenvalue weighted by Gasteiger charge is 2.31. The Morgan fingerprint density at radius 1 is 1.06 bits per heavy atom. The molecule has 7 nitrogen and oxygen atoms in total. The average Bonchev–Trinajstić information content (AvgIpc) is 2.76. The van der Waals surface area contributed by atoms with Gasteiger partial charge in [0.1, 0.15) is 12.6 Å². The molecule has 2 amide bonds.